The molecule has 1 saturated carbocycles. The van der Waals surface area contributed by atoms with E-state index in [1.54, 1.807) is 4.90 Å². The summed E-state index contributed by atoms with van der Waals surface area (Å²) in [5, 5.41) is 11.6. The molecule has 1 aliphatic carbocycles. The number of piperidine rings is 1. The lowest BCUT2D eigenvalue weighted by Crippen LogP contribution is -3.12. The molecular formula is C21H30NO+. The summed E-state index contributed by atoms with van der Waals surface area (Å²) in [6.45, 7) is 5.55. The number of nitrogens with one attached hydrogen (secondary N) is 1. The Kier molecular flexibility index (Phi) is 5.09. The molecule has 1 saturated heterocycles. The quantitative estimate of drug-likeness (QED) is 0.824. The van der Waals surface area contributed by atoms with Crippen molar-refractivity contribution in [3.63, 3.8) is 0 Å². The van der Waals surface area contributed by atoms with Crippen LogP contribution >= 0.6 is 0 Å². The van der Waals surface area contributed by atoms with Gasteiger partial charge in [0.05, 0.1) is 13.1 Å². The van der Waals surface area contributed by atoms with Crippen molar-refractivity contribution in [1.29, 1.82) is 0 Å². The Morgan fingerprint density at radius 1 is 1.04 bits per heavy atom. The number of rotatable bonds is 3. The van der Waals surface area contributed by atoms with Gasteiger partial charge in [-0.05, 0) is 43.6 Å². The summed E-state index contributed by atoms with van der Waals surface area (Å²) in [4.78, 5) is 1.58. The number of aliphatic hydroxyl groups is 1. The lowest BCUT2D eigenvalue weighted by molar-refractivity contribution is -0.897. The van der Waals surface area contributed by atoms with Gasteiger partial charge < -0.3 is 10.0 Å². The molecule has 1 aromatic rings. The molecule has 2 fully saturated rings. The zero-order chi connectivity index (χ0) is 16.2. The second kappa shape index (κ2) is 7.07. The van der Waals surface area contributed by atoms with Crippen molar-refractivity contribution in [3.8, 4) is 11.8 Å². The minimum atomic E-state index is -1.01. The van der Waals surface area contributed by atoms with Crippen molar-refractivity contribution in [1.82, 2.24) is 0 Å². The molecule has 0 spiro atoms. The lowest BCUT2D eigenvalue weighted by Gasteiger charge is -2.39. The first-order valence-electron chi connectivity index (χ1n) is 9.26. The van der Waals surface area contributed by atoms with Gasteiger partial charge in [0, 0.05) is 5.41 Å². The molecule has 0 amide bonds. The molecule has 1 aromatic carbocycles. The maximum Gasteiger partial charge on any atom is 0.156 e. The molecule has 1 aliphatic heterocycles. The van der Waals surface area contributed by atoms with Gasteiger partial charge in [0.1, 0.15) is 6.54 Å². The Bertz CT molecular complexity index is 558. The molecule has 2 nitrogen and oxygen atoms in total. The standard InChI is InChI=1S/C21H29NO/c1-20(13-6-7-14-20)21(23,19-11-4-2-5-12-19)15-10-18-22-16-8-3-9-17-22/h2,4-5,11-12,23H,3,6-9,13-14,16-18H2,1H3/p+1. The molecular weight excluding hydrogens is 282 g/mol. The van der Waals surface area contributed by atoms with Crippen molar-refractivity contribution in [2.24, 2.45) is 5.41 Å². The van der Waals surface area contributed by atoms with Gasteiger partial charge in [-0.25, -0.2) is 0 Å². The summed E-state index contributed by atoms with van der Waals surface area (Å²) >= 11 is 0. The Morgan fingerprint density at radius 2 is 1.70 bits per heavy atom. The van der Waals surface area contributed by atoms with Crippen LogP contribution in [0.5, 0.6) is 0 Å². The highest BCUT2D eigenvalue weighted by molar-refractivity contribution is 5.35. The first-order chi connectivity index (χ1) is 11.1. The van der Waals surface area contributed by atoms with E-state index in [1.807, 2.05) is 30.3 Å². The van der Waals surface area contributed by atoms with Crippen molar-refractivity contribution < 1.29 is 10.0 Å². The van der Waals surface area contributed by atoms with Gasteiger partial charge in [-0.15, -0.1) is 0 Å². The minimum absolute atomic E-state index is 0.126. The van der Waals surface area contributed by atoms with Gasteiger partial charge >= 0.3 is 0 Å². The van der Waals surface area contributed by atoms with Crippen LogP contribution < -0.4 is 4.90 Å². The fourth-order valence-corrected chi connectivity index (χ4v) is 4.29. The van der Waals surface area contributed by atoms with Gasteiger partial charge in [0.2, 0.25) is 0 Å². The van der Waals surface area contributed by atoms with E-state index >= 15 is 0 Å². The van der Waals surface area contributed by atoms with Gasteiger partial charge in [0.25, 0.3) is 0 Å². The van der Waals surface area contributed by atoms with Gasteiger partial charge in [-0.2, -0.15) is 0 Å². The fraction of sp³-hybridized carbons (Fsp3) is 0.619. The summed E-state index contributed by atoms with van der Waals surface area (Å²) in [5.74, 6) is 6.69. The van der Waals surface area contributed by atoms with Crippen molar-refractivity contribution in [3.05, 3.63) is 35.9 Å². The molecule has 0 bridgehead atoms. The lowest BCUT2D eigenvalue weighted by atomic mass is 9.68. The van der Waals surface area contributed by atoms with Crippen LogP contribution in [0, 0.1) is 17.3 Å². The van der Waals surface area contributed by atoms with Crippen LogP contribution in [-0.2, 0) is 5.60 Å². The maximum atomic E-state index is 11.6. The summed E-state index contributed by atoms with van der Waals surface area (Å²) < 4.78 is 0. The Labute approximate surface area is 140 Å². The number of hydrogen-bond donors (Lipinski definition) is 2. The predicted molar refractivity (Wildman–Crippen MR) is 94.1 cm³/mol. The van der Waals surface area contributed by atoms with Crippen LogP contribution in [0.1, 0.15) is 57.4 Å². The zero-order valence-electron chi connectivity index (χ0n) is 14.4. The Morgan fingerprint density at radius 3 is 2.35 bits per heavy atom. The van der Waals surface area contributed by atoms with Crippen LogP contribution in [0.15, 0.2) is 30.3 Å². The molecule has 1 atom stereocenters. The first-order valence-corrected chi connectivity index (χ1v) is 9.26. The zero-order valence-corrected chi connectivity index (χ0v) is 14.4. The van der Waals surface area contributed by atoms with Gasteiger partial charge in [-0.3, -0.25) is 0 Å². The predicted octanol–water partition coefficient (Wildman–Crippen LogP) is 2.53. The molecule has 3 rings (SSSR count). The van der Waals surface area contributed by atoms with E-state index in [-0.39, 0.29) is 5.41 Å². The summed E-state index contributed by atoms with van der Waals surface area (Å²) in [6, 6.07) is 10.1. The molecule has 2 aliphatic rings. The molecule has 1 heterocycles. The van der Waals surface area contributed by atoms with E-state index in [4.69, 9.17) is 0 Å². The topological polar surface area (TPSA) is 24.7 Å². The van der Waals surface area contributed by atoms with Gasteiger partial charge in [-0.1, -0.05) is 56.0 Å². The van der Waals surface area contributed by atoms with E-state index < -0.39 is 5.60 Å². The SMILES string of the molecule is CC1(C(O)(C#CC[NH+]2CCCCC2)c2ccccc2)CCCC1. The highest BCUT2D eigenvalue weighted by Crippen LogP contribution is 2.50. The number of hydrogen-bond acceptors (Lipinski definition) is 1. The maximum absolute atomic E-state index is 11.6. The van der Waals surface area contributed by atoms with Crippen molar-refractivity contribution >= 4 is 0 Å². The fourth-order valence-electron chi connectivity index (χ4n) is 4.29. The average molecular weight is 312 g/mol. The molecule has 1 unspecified atom stereocenters. The number of likely N-dealkylation sites (tertiary alicyclic amines) is 1. The van der Waals surface area contributed by atoms with Crippen LogP contribution in [0.3, 0.4) is 0 Å². The molecule has 0 aromatic heterocycles. The van der Waals surface area contributed by atoms with E-state index in [0.29, 0.717) is 0 Å². The van der Waals surface area contributed by atoms with E-state index in [1.165, 1.54) is 45.2 Å². The third-order valence-electron chi connectivity index (χ3n) is 5.94. The molecule has 124 valence electrons. The highest BCUT2D eigenvalue weighted by atomic mass is 16.3. The Hall–Kier alpha value is -1.30. The van der Waals surface area contributed by atoms with E-state index in [2.05, 4.69) is 18.8 Å². The Balaban J connectivity index is 1.84. The van der Waals surface area contributed by atoms with E-state index in [9.17, 15) is 5.11 Å². The van der Waals surface area contributed by atoms with Gasteiger partial charge in [0.15, 0.2) is 5.60 Å². The summed E-state index contributed by atoms with van der Waals surface area (Å²) in [6.07, 6.45) is 8.51. The molecule has 2 heteroatoms. The number of quaternary nitrogens is 1. The highest BCUT2D eigenvalue weighted by Gasteiger charge is 2.48. The molecule has 0 radical (unpaired) electrons. The van der Waals surface area contributed by atoms with Crippen LogP contribution in [-0.4, -0.2) is 24.7 Å². The monoisotopic (exact) mass is 312 g/mol. The average Bonchev–Trinajstić information content (AvgIpc) is 3.05. The number of benzene rings is 1. The third kappa shape index (κ3) is 3.47. The van der Waals surface area contributed by atoms with E-state index in [0.717, 1.165) is 24.9 Å². The first kappa shape index (κ1) is 16.6. The van der Waals surface area contributed by atoms with Crippen LogP contribution in [0.25, 0.3) is 0 Å². The van der Waals surface area contributed by atoms with Crippen LogP contribution in [0.4, 0.5) is 0 Å². The normalized spacial score (nSPS) is 23.7. The molecule has 2 N–H and O–H groups in total. The van der Waals surface area contributed by atoms with Crippen molar-refractivity contribution in [2.75, 3.05) is 19.6 Å². The second-order valence-corrected chi connectivity index (χ2v) is 7.63. The summed E-state index contributed by atoms with van der Waals surface area (Å²) in [7, 11) is 0. The third-order valence-corrected chi connectivity index (χ3v) is 5.94. The minimum Gasteiger partial charge on any atom is -0.373 e. The smallest absolute Gasteiger partial charge is 0.156 e. The van der Waals surface area contributed by atoms with Crippen LogP contribution in [0.2, 0.25) is 0 Å². The second-order valence-electron chi connectivity index (χ2n) is 7.63. The largest absolute Gasteiger partial charge is 0.373 e. The van der Waals surface area contributed by atoms with Crippen molar-refractivity contribution in [2.45, 2.75) is 57.5 Å². The summed E-state index contributed by atoms with van der Waals surface area (Å²) in [5.41, 5.74) is -0.177. The molecule has 23 heavy (non-hydrogen) atoms.